The topological polar surface area (TPSA) is 63.0 Å². The lowest BCUT2D eigenvalue weighted by Gasteiger charge is -2.24. The third kappa shape index (κ3) is 3.75. The van der Waals surface area contributed by atoms with E-state index in [0.717, 1.165) is 22.6 Å². The fourth-order valence-electron chi connectivity index (χ4n) is 3.21. The Morgan fingerprint density at radius 1 is 1.19 bits per heavy atom. The van der Waals surface area contributed by atoms with Crippen LogP contribution in [0.4, 0.5) is 5.95 Å². The highest BCUT2D eigenvalue weighted by Gasteiger charge is 2.25. The first kappa shape index (κ1) is 17.8. The number of nitrogens with one attached hydrogen (secondary N) is 1. The lowest BCUT2D eigenvalue weighted by molar-refractivity contribution is 0.287. The summed E-state index contributed by atoms with van der Waals surface area (Å²) in [5.74, 6) is 1.42. The SMILES string of the molecule is Cc1ccc(C2=C[C@@H](c3cccc(Cl)c3)n3nc(CCCO)nc3N2)cc1. The molecule has 1 aromatic heterocycles. The van der Waals surface area contributed by atoms with E-state index in [1.54, 1.807) is 0 Å². The van der Waals surface area contributed by atoms with Crippen LogP contribution in [0.3, 0.4) is 0 Å². The van der Waals surface area contributed by atoms with Crippen molar-refractivity contribution in [3.63, 3.8) is 0 Å². The molecule has 0 aliphatic carbocycles. The van der Waals surface area contributed by atoms with Crippen LogP contribution in [-0.2, 0) is 6.42 Å². The molecule has 1 aliphatic heterocycles. The van der Waals surface area contributed by atoms with E-state index >= 15 is 0 Å². The second kappa shape index (κ2) is 7.55. The Labute approximate surface area is 163 Å². The third-order valence-electron chi connectivity index (χ3n) is 4.62. The number of anilines is 1. The first-order valence-corrected chi connectivity index (χ1v) is 9.39. The van der Waals surface area contributed by atoms with Crippen LogP contribution in [0, 0.1) is 6.92 Å². The quantitative estimate of drug-likeness (QED) is 0.695. The van der Waals surface area contributed by atoms with E-state index in [9.17, 15) is 0 Å². The normalized spacial score (nSPS) is 15.8. The molecular weight excluding hydrogens is 360 g/mol. The molecule has 1 aliphatic rings. The molecule has 0 radical (unpaired) electrons. The lowest BCUT2D eigenvalue weighted by Crippen LogP contribution is -2.20. The number of aliphatic hydroxyl groups excluding tert-OH is 1. The van der Waals surface area contributed by atoms with Crippen LogP contribution in [0.5, 0.6) is 0 Å². The van der Waals surface area contributed by atoms with Gasteiger partial charge in [-0.1, -0.05) is 53.6 Å². The molecule has 2 N–H and O–H groups in total. The van der Waals surface area contributed by atoms with Gasteiger partial charge in [-0.3, -0.25) is 0 Å². The highest BCUT2D eigenvalue weighted by atomic mass is 35.5. The van der Waals surface area contributed by atoms with Crippen molar-refractivity contribution in [1.29, 1.82) is 0 Å². The maximum absolute atomic E-state index is 9.10. The van der Waals surface area contributed by atoms with Crippen molar-refractivity contribution in [2.75, 3.05) is 11.9 Å². The summed E-state index contributed by atoms with van der Waals surface area (Å²) >= 11 is 6.23. The Balaban J connectivity index is 1.77. The summed E-state index contributed by atoms with van der Waals surface area (Å²) in [7, 11) is 0. The van der Waals surface area contributed by atoms with E-state index in [4.69, 9.17) is 16.7 Å². The molecule has 3 aromatic rings. The number of benzene rings is 2. The third-order valence-corrected chi connectivity index (χ3v) is 4.86. The fraction of sp³-hybridized carbons (Fsp3) is 0.238. The number of aromatic nitrogens is 3. The standard InChI is InChI=1S/C21H21ClN4O/c1-14-7-9-15(10-8-14)18-13-19(16-4-2-5-17(22)12-16)26-21(23-18)24-20(25-26)6-3-11-27/h2,4-5,7-10,12-13,19,27H,3,6,11H2,1H3,(H,23,24,25)/t19-/m0/s1. The zero-order chi connectivity index (χ0) is 18.8. The average molecular weight is 381 g/mol. The van der Waals surface area contributed by atoms with Crippen LogP contribution in [-0.4, -0.2) is 26.5 Å². The van der Waals surface area contributed by atoms with Crippen molar-refractivity contribution < 1.29 is 5.11 Å². The number of rotatable bonds is 5. The second-order valence-electron chi connectivity index (χ2n) is 6.69. The molecule has 2 aromatic carbocycles. The van der Waals surface area contributed by atoms with Crippen LogP contribution in [0.2, 0.25) is 5.02 Å². The monoisotopic (exact) mass is 380 g/mol. The first-order valence-electron chi connectivity index (χ1n) is 9.01. The molecule has 0 bridgehead atoms. The Kier molecular flexibility index (Phi) is 4.97. The molecule has 2 heterocycles. The van der Waals surface area contributed by atoms with Gasteiger partial charge in [0.2, 0.25) is 5.95 Å². The van der Waals surface area contributed by atoms with Gasteiger partial charge in [0, 0.05) is 23.7 Å². The van der Waals surface area contributed by atoms with Gasteiger partial charge >= 0.3 is 0 Å². The summed E-state index contributed by atoms with van der Waals surface area (Å²) in [6.07, 6.45) is 3.43. The predicted molar refractivity (Wildman–Crippen MR) is 108 cm³/mol. The Bertz CT molecular complexity index is 978. The zero-order valence-corrected chi connectivity index (χ0v) is 15.8. The Hall–Kier alpha value is -2.63. The molecular formula is C21H21ClN4O. The van der Waals surface area contributed by atoms with Gasteiger partial charge in [-0.2, -0.15) is 10.1 Å². The van der Waals surface area contributed by atoms with Crippen molar-refractivity contribution >= 4 is 23.2 Å². The van der Waals surface area contributed by atoms with E-state index in [1.165, 1.54) is 5.56 Å². The van der Waals surface area contributed by atoms with Gasteiger partial charge in [-0.15, -0.1) is 0 Å². The molecule has 0 spiro atoms. The zero-order valence-electron chi connectivity index (χ0n) is 15.1. The molecule has 1 atom stereocenters. The number of hydrogen-bond donors (Lipinski definition) is 2. The average Bonchev–Trinajstić information content (AvgIpc) is 3.09. The summed E-state index contributed by atoms with van der Waals surface area (Å²) in [5, 5.41) is 17.9. The first-order chi connectivity index (χ1) is 13.1. The van der Waals surface area contributed by atoms with Crippen molar-refractivity contribution in [1.82, 2.24) is 14.8 Å². The highest BCUT2D eigenvalue weighted by molar-refractivity contribution is 6.30. The van der Waals surface area contributed by atoms with E-state index in [-0.39, 0.29) is 12.6 Å². The number of halogens is 1. The number of nitrogens with zero attached hydrogens (tertiary/aromatic N) is 3. The van der Waals surface area contributed by atoms with Gasteiger partial charge in [-0.05, 0) is 42.7 Å². The summed E-state index contributed by atoms with van der Waals surface area (Å²) < 4.78 is 1.88. The van der Waals surface area contributed by atoms with Crippen molar-refractivity contribution in [3.8, 4) is 0 Å². The van der Waals surface area contributed by atoms with Crippen LogP contribution < -0.4 is 5.32 Å². The minimum absolute atomic E-state index is 0.105. The smallest absolute Gasteiger partial charge is 0.226 e. The van der Waals surface area contributed by atoms with Gasteiger partial charge in [0.25, 0.3) is 0 Å². The van der Waals surface area contributed by atoms with E-state index in [1.807, 2.05) is 28.9 Å². The second-order valence-corrected chi connectivity index (χ2v) is 7.13. The number of aliphatic hydroxyl groups is 1. The summed E-state index contributed by atoms with van der Waals surface area (Å²) in [4.78, 5) is 4.64. The molecule has 4 rings (SSSR count). The van der Waals surface area contributed by atoms with E-state index < -0.39 is 0 Å². The Morgan fingerprint density at radius 2 is 2.00 bits per heavy atom. The fourth-order valence-corrected chi connectivity index (χ4v) is 3.41. The van der Waals surface area contributed by atoms with Crippen molar-refractivity contribution in [2.24, 2.45) is 0 Å². The number of hydrogen-bond acceptors (Lipinski definition) is 4. The van der Waals surface area contributed by atoms with Crippen LogP contribution in [0.1, 0.15) is 35.0 Å². The molecule has 6 heteroatoms. The lowest BCUT2D eigenvalue weighted by atomic mass is 10.0. The summed E-state index contributed by atoms with van der Waals surface area (Å²) in [6, 6.07) is 16.1. The minimum atomic E-state index is -0.105. The van der Waals surface area contributed by atoms with E-state index in [0.29, 0.717) is 23.8 Å². The maximum atomic E-state index is 9.10. The highest BCUT2D eigenvalue weighted by Crippen LogP contribution is 2.33. The van der Waals surface area contributed by atoms with Gasteiger partial charge in [-0.25, -0.2) is 4.68 Å². The molecule has 0 saturated heterocycles. The van der Waals surface area contributed by atoms with Crippen LogP contribution >= 0.6 is 11.6 Å². The van der Waals surface area contributed by atoms with Crippen LogP contribution in [0.25, 0.3) is 5.70 Å². The molecule has 0 amide bonds. The molecule has 27 heavy (non-hydrogen) atoms. The largest absolute Gasteiger partial charge is 0.396 e. The maximum Gasteiger partial charge on any atom is 0.226 e. The summed E-state index contributed by atoms with van der Waals surface area (Å²) in [5.41, 5.74) is 4.36. The molecule has 5 nitrogen and oxygen atoms in total. The minimum Gasteiger partial charge on any atom is -0.396 e. The van der Waals surface area contributed by atoms with Crippen LogP contribution in [0.15, 0.2) is 54.6 Å². The van der Waals surface area contributed by atoms with Gasteiger partial charge < -0.3 is 10.4 Å². The number of fused-ring (bicyclic) bond motifs is 1. The number of aryl methyl sites for hydroxylation is 2. The van der Waals surface area contributed by atoms with E-state index in [2.05, 4.69) is 52.7 Å². The number of allylic oxidation sites excluding steroid dienone is 1. The van der Waals surface area contributed by atoms with Crippen molar-refractivity contribution in [2.45, 2.75) is 25.8 Å². The molecule has 0 unspecified atom stereocenters. The molecule has 0 saturated carbocycles. The van der Waals surface area contributed by atoms with Gasteiger partial charge in [0.05, 0.1) is 0 Å². The van der Waals surface area contributed by atoms with Gasteiger partial charge in [0.15, 0.2) is 5.82 Å². The van der Waals surface area contributed by atoms with Gasteiger partial charge in [0.1, 0.15) is 6.04 Å². The summed E-state index contributed by atoms with van der Waals surface area (Å²) in [6.45, 7) is 2.20. The molecule has 0 fully saturated rings. The Morgan fingerprint density at radius 3 is 2.74 bits per heavy atom. The predicted octanol–water partition coefficient (Wildman–Crippen LogP) is 4.22. The van der Waals surface area contributed by atoms with Crippen molar-refractivity contribution in [3.05, 3.63) is 82.1 Å². The molecule has 138 valence electrons.